The summed E-state index contributed by atoms with van der Waals surface area (Å²) in [5.74, 6) is -1.47. The van der Waals surface area contributed by atoms with Crippen molar-refractivity contribution in [2.45, 2.75) is 51.4 Å². The van der Waals surface area contributed by atoms with Gasteiger partial charge in [0.05, 0.1) is 6.61 Å². The molecule has 1 amide bonds. The average Bonchev–Trinajstić information content (AvgIpc) is 3.45. The zero-order valence-electron chi connectivity index (χ0n) is 15.3. The van der Waals surface area contributed by atoms with E-state index in [1.165, 1.54) is 0 Å². The van der Waals surface area contributed by atoms with Gasteiger partial charge in [-0.1, -0.05) is 0 Å². The second kappa shape index (κ2) is 9.90. The third kappa shape index (κ3) is 11.2. The lowest BCUT2D eigenvalue weighted by atomic mass is 10.2. The minimum Gasteiger partial charge on any atom is -0.481 e. The number of carbonyl (C=O) groups is 3. The average molecular weight is 370 g/mol. The summed E-state index contributed by atoms with van der Waals surface area (Å²) >= 11 is 0. The predicted molar refractivity (Wildman–Crippen MR) is 90.5 cm³/mol. The van der Waals surface area contributed by atoms with Crippen molar-refractivity contribution in [3.63, 3.8) is 0 Å². The number of esters is 1. The molecule has 0 fully saturated rings. The molecule has 0 spiro atoms. The maximum Gasteiger partial charge on any atom is 0.325 e. The van der Waals surface area contributed by atoms with Crippen molar-refractivity contribution >= 4 is 17.8 Å². The molecule has 0 unspecified atom stereocenters. The van der Waals surface area contributed by atoms with E-state index in [1.807, 2.05) is 13.8 Å². The van der Waals surface area contributed by atoms with Gasteiger partial charge < -0.3 is 20.5 Å². The third-order valence-electron chi connectivity index (χ3n) is 3.46. The van der Waals surface area contributed by atoms with E-state index in [9.17, 15) is 9.59 Å². The summed E-state index contributed by atoms with van der Waals surface area (Å²) in [5, 5.41) is 28.5. The Morgan fingerprint density at radius 3 is 2.08 bits per heavy atom. The molecule has 26 heavy (non-hydrogen) atoms. The fourth-order valence-electron chi connectivity index (χ4n) is 1.69. The van der Waals surface area contributed by atoms with Gasteiger partial charge in [-0.25, -0.2) is 0 Å². The largest absolute Gasteiger partial charge is 0.481 e. The van der Waals surface area contributed by atoms with E-state index >= 15 is 0 Å². The molecule has 11 heteroatoms. The monoisotopic (exact) mass is 370 g/mol. The summed E-state index contributed by atoms with van der Waals surface area (Å²) in [6, 6.07) is 0. The molecule has 0 aromatic rings. The molecule has 3 N–H and O–H groups in total. The normalized spacial score (nSPS) is 16.9. The van der Waals surface area contributed by atoms with Gasteiger partial charge in [-0.2, -0.15) is 20.5 Å². The molecule has 146 valence electrons. The number of hydrogen-bond donors (Lipinski definition) is 3. The Morgan fingerprint density at radius 2 is 1.54 bits per heavy atom. The zero-order chi connectivity index (χ0) is 19.6. The van der Waals surface area contributed by atoms with Gasteiger partial charge >= 0.3 is 5.97 Å². The highest BCUT2D eigenvalue weighted by Gasteiger charge is 2.33. The van der Waals surface area contributed by atoms with Crippen molar-refractivity contribution in [2.75, 3.05) is 26.2 Å². The molecular weight excluding hydrogens is 344 g/mol. The van der Waals surface area contributed by atoms with Crippen molar-refractivity contribution in [2.24, 2.45) is 20.5 Å². The first-order valence-electron chi connectivity index (χ1n) is 8.35. The van der Waals surface area contributed by atoms with Crippen LogP contribution in [0.15, 0.2) is 20.5 Å². The highest BCUT2D eigenvalue weighted by molar-refractivity contribution is 5.81. The molecule has 11 nitrogen and oxygen atoms in total. The van der Waals surface area contributed by atoms with E-state index in [4.69, 9.17) is 14.6 Å². The first-order chi connectivity index (χ1) is 12.1. The molecule has 0 aromatic carbocycles. The van der Waals surface area contributed by atoms with Gasteiger partial charge in [-0.15, -0.1) is 0 Å². The predicted octanol–water partition coefficient (Wildman–Crippen LogP) is 0.861. The summed E-state index contributed by atoms with van der Waals surface area (Å²) in [6.07, 6.45) is 1.72. The molecule has 2 aliphatic heterocycles. The van der Waals surface area contributed by atoms with Gasteiger partial charge in [0.15, 0.2) is 11.3 Å². The highest BCUT2D eigenvalue weighted by atomic mass is 16.5. The number of carboxylic acid groups (broad SMARTS) is 1. The summed E-state index contributed by atoms with van der Waals surface area (Å²) in [7, 11) is 0. The van der Waals surface area contributed by atoms with E-state index in [1.54, 1.807) is 0 Å². The molecule has 2 heterocycles. The van der Waals surface area contributed by atoms with Crippen LogP contribution in [0.4, 0.5) is 0 Å². The minimum atomic E-state index is -0.833. The summed E-state index contributed by atoms with van der Waals surface area (Å²) < 4.78 is 4.99. The summed E-state index contributed by atoms with van der Waals surface area (Å²) in [6.45, 7) is 6.36. The van der Waals surface area contributed by atoms with Crippen LogP contribution in [-0.2, 0) is 19.1 Å². The Morgan fingerprint density at radius 1 is 1.00 bits per heavy atom. The molecule has 2 aliphatic rings. The van der Waals surface area contributed by atoms with Gasteiger partial charge in [0.2, 0.25) is 5.91 Å². The lowest BCUT2D eigenvalue weighted by Crippen LogP contribution is -2.33. The van der Waals surface area contributed by atoms with Crippen LogP contribution in [0, 0.1) is 0 Å². The van der Waals surface area contributed by atoms with Crippen LogP contribution in [0.5, 0.6) is 0 Å². The van der Waals surface area contributed by atoms with Crippen LogP contribution in [-0.4, -0.2) is 60.5 Å². The number of rotatable bonds is 11. The van der Waals surface area contributed by atoms with Crippen molar-refractivity contribution in [3.05, 3.63) is 0 Å². The van der Waals surface area contributed by atoms with Gasteiger partial charge in [0.25, 0.3) is 5.97 Å². The Kier molecular flexibility index (Phi) is 8.23. The molecule has 0 saturated carbocycles. The maximum atomic E-state index is 11.5. The Labute approximate surface area is 151 Å². The summed E-state index contributed by atoms with van der Waals surface area (Å²) in [5.41, 5.74) is -0.579. The fourth-order valence-corrected chi connectivity index (χ4v) is 1.69. The second-order valence-electron chi connectivity index (χ2n) is 6.35. The summed E-state index contributed by atoms with van der Waals surface area (Å²) in [4.78, 5) is 31.9. The fraction of sp³-hybridized carbons (Fsp3) is 0.800. The van der Waals surface area contributed by atoms with Crippen molar-refractivity contribution in [3.8, 4) is 0 Å². The van der Waals surface area contributed by atoms with Crippen molar-refractivity contribution < 1.29 is 24.2 Å². The van der Waals surface area contributed by atoms with E-state index in [0.29, 0.717) is 19.4 Å². The number of hydrogen-bond acceptors (Lipinski definition) is 9. The Bertz CT molecular complexity index is 561. The van der Waals surface area contributed by atoms with Gasteiger partial charge in [0.1, 0.15) is 6.54 Å². The third-order valence-corrected chi connectivity index (χ3v) is 3.46. The number of carbonyl (C=O) groups excluding carboxylic acids is 2. The number of carboxylic acids is 1. The quantitative estimate of drug-likeness (QED) is 0.362. The zero-order valence-corrected chi connectivity index (χ0v) is 15.3. The highest BCUT2D eigenvalue weighted by Crippen LogP contribution is 2.30. The van der Waals surface area contributed by atoms with Crippen LogP contribution in [0.3, 0.4) is 0 Å². The number of ether oxygens (including phenoxy) is 1. The SMILES string of the molecule is CC(=O)O.CC1(CCNCCC(=O)NCC(=O)OCCC2(C)N=N2)N=N1. The van der Waals surface area contributed by atoms with E-state index in [0.717, 1.165) is 19.9 Å². The first kappa shape index (κ1) is 21.6. The Hall–Kier alpha value is -2.43. The minimum absolute atomic E-state index is 0.111. The van der Waals surface area contributed by atoms with Crippen molar-refractivity contribution in [1.82, 2.24) is 10.6 Å². The molecule has 0 saturated heterocycles. The Balaban J connectivity index is 0.000000765. The lowest BCUT2D eigenvalue weighted by Gasteiger charge is -2.08. The molecule has 0 radical (unpaired) electrons. The number of nitrogens with one attached hydrogen (secondary N) is 2. The molecule has 2 rings (SSSR count). The first-order valence-corrected chi connectivity index (χ1v) is 8.35. The van der Waals surface area contributed by atoms with E-state index < -0.39 is 11.9 Å². The van der Waals surface area contributed by atoms with Crippen LogP contribution < -0.4 is 10.6 Å². The number of aliphatic carboxylic acids is 1. The maximum absolute atomic E-state index is 11.5. The molecular formula is C15H26N6O5. The van der Waals surface area contributed by atoms with Crippen LogP contribution in [0.1, 0.15) is 40.0 Å². The van der Waals surface area contributed by atoms with Crippen LogP contribution >= 0.6 is 0 Å². The number of nitrogens with zero attached hydrogens (tertiary/aromatic N) is 4. The van der Waals surface area contributed by atoms with Gasteiger partial charge in [-0.05, 0) is 20.4 Å². The van der Waals surface area contributed by atoms with Gasteiger partial charge in [-0.3, -0.25) is 14.4 Å². The van der Waals surface area contributed by atoms with Crippen molar-refractivity contribution in [1.29, 1.82) is 0 Å². The molecule has 0 bridgehead atoms. The van der Waals surface area contributed by atoms with Gasteiger partial charge in [0, 0.05) is 32.7 Å². The topological polar surface area (TPSA) is 154 Å². The standard InChI is InChI=1S/C13H22N6O3.C2H4O2/c1-12(16-17-12)4-7-14-6-3-10(20)15-9-11(21)22-8-5-13(2)18-19-13;1-2(3)4/h14H,3-9H2,1-2H3,(H,15,20);1H3,(H,3,4). The molecule has 0 aromatic heterocycles. The van der Waals surface area contributed by atoms with E-state index in [2.05, 4.69) is 31.1 Å². The molecule has 0 aliphatic carbocycles. The second-order valence-corrected chi connectivity index (χ2v) is 6.35. The van der Waals surface area contributed by atoms with E-state index in [-0.39, 0.29) is 30.4 Å². The van der Waals surface area contributed by atoms with Crippen LogP contribution in [0.25, 0.3) is 0 Å². The molecule has 0 atom stereocenters. The smallest absolute Gasteiger partial charge is 0.325 e. The van der Waals surface area contributed by atoms with Crippen LogP contribution in [0.2, 0.25) is 0 Å². The number of amides is 1. The lowest BCUT2D eigenvalue weighted by molar-refractivity contribution is -0.144.